The van der Waals surface area contributed by atoms with E-state index in [4.69, 9.17) is 16.2 Å². The third kappa shape index (κ3) is 73.2. The Hall–Kier alpha value is -3.12. The van der Waals surface area contributed by atoms with E-state index >= 15 is 0 Å². The van der Waals surface area contributed by atoms with Crippen LogP contribution in [0.4, 0.5) is 0 Å². The number of hydrogen-bond acceptors (Lipinski definition) is 13. The Kier molecular flexibility index (Phi) is 109. The second-order valence-corrected chi connectivity index (χ2v) is 3.69. The van der Waals surface area contributed by atoms with Crippen LogP contribution in [-0.2, 0) is 0 Å². The third-order valence-electron chi connectivity index (χ3n) is 1.42. The van der Waals surface area contributed by atoms with Crippen molar-refractivity contribution in [3.63, 3.8) is 0 Å². The van der Waals surface area contributed by atoms with Gasteiger partial charge >= 0.3 is 0 Å². The van der Waals surface area contributed by atoms with Crippen molar-refractivity contribution in [3.05, 3.63) is 23.4 Å². The van der Waals surface area contributed by atoms with E-state index in [2.05, 4.69) is 51.7 Å². The zero-order valence-corrected chi connectivity index (χ0v) is 19.0. The Morgan fingerprint density at radius 2 is 1.00 bits per heavy atom. The lowest BCUT2D eigenvalue weighted by molar-refractivity contribution is 0.318. The third-order valence-corrected chi connectivity index (χ3v) is 1.42. The molecular weight excluding hydrogens is 430 g/mol. The van der Waals surface area contributed by atoms with E-state index in [1.54, 1.807) is 33.8 Å². The SMILES string of the molecule is C.C.C.C.C/C(N)=N/O.CC#N.CN.CN.CN.Cc1noc(C)n1.Cc1noc(C)n1.N. The van der Waals surface area contributed by atoms with Crippen molar-refractivity contribution in [3.8, 4) is 6.07 Å². The van der Waals surface area contributed by atoms with Crippen LogP contribution in [-0.4, -0.2) is 52.5 Å². The van der Waals surface area contributed by atoms with E-state index in [1.165, 1.54) is 35.0 Å². The number of aromatic nitrogens is 4. The highest BCUT2D eigenvalue weighted by atomic mass is 16.5. The minimum absolute atomic E-state index is 0. The molecule has 0 aromatic carbocycles. The van der Waals surface area contributed by atoms with Crippen LogP contribution in [0.1, 0.15) is 67.0 Å². The normalized spacial score (nSPS) is 6.58. The van der Waals surface area contributed by atoms with Crippen molar-refractivity contribution < 1.29 is 14.3 Å². The van der Waals surface area contributed by atoms with E-state index in [0.29, 0.717) is 23.4 Å². The predicted octanol–water partition coefficient (Wildman–Crippen LogP) is 3.09. The molecule has 0 fully saturated rings. The molecule has 0 amide bonds. The van der Waals surface area contributed by atoms with Crippen molar-refractivity contribution >= 4 is 5.84 Å². The summed E-state index contributed by atoms with van der Waals surface area (Å²) in [5.74, 6) is 2.81. The number of nitrogens with two attached hydrogens (primary N) is 4. The van der Waals surface area contributed by atoms with Crippen LogP contribution < -0.4 is 29.1 Å². The summed E-state index contributed by atoms with van der Waals surface area (Å²) in [5, 5.41) is 24.6. The lowest BCUT2D eigenvalue weighted by Gasteiger charge is -1.73. The van der Waals surface area contributed by atoms with E-state index in [9.17, 15) is 0 Å². The molecule has 0 aliphatic carbocycles. The molecule has 0 saturated heterocycles. The molecule has 0 bridgehead atoms. The summed E-state index contributed by atoms with van der Waals surface area (Å²) in [6, 6.07) is 1.75. The van der Waals surface area contributed by atoms with Gasteiger partial charge < -0.3 is 43.3 Å². The van der Waals surface area contributed by atoms with E-state index < -0.39 is 0 Å². The highest BCUT2D eigenvalue weighted by Crippen LogP contribution is 1.90. The van der Waals surface area contributed by atoms with Crippen LogP contribution in [0.25, 0.3) is 0 Å². The van der Waals surface area contributed by atoms with Crippen LogP contribution >= 0.6 is 0 Å². The minimum atomic E-state index is 0. The van der Waals surface area contributed by atoms with Crippen molar-refractivity contribution in [2.45, 2.75) is 71.2 Å². The Morgan fingerprint density at radius 1 is 0.818 bits per heavy atom. The quantitative estimate of drug-likeness (QED) is 0.135. The molecule has 0 atom stereocenters. The fourth-order valence-electron chi connectivity index (χ4n) is 0.802. The van der Waals surface area contributed by atoms with Gasteiger partial charge in [0.2, 0.25) is 11.8 Å². The highest BCUT2D eigenvalue weighted by molar-refractivity contribution is 5.76. The Bertz CT molecular complexity index is 521. The molecule has 2 rings (SSSR count). The lowest BCUT2D eigenvalue weighted by Crippen LogP contribution is -2.03. The van der Waals surface area contributed by atoms with Gasteiger partial charge in [-0.25, -0.2) is 0 Å². The van der Waals surface area contributed by atoms with Gasteiger partial charge in [-0.3, -0.25) is 0 Å². The lowest BCUT2D eigenvalue weighted by atomic mass is 10.7. The summed E-state index contributed by atoms with van der Waals surface area (Å²) in [7, 11) is 4.50. The van der Waals surface area contributed by atoms with Gasteiger partial charge in [-0.1, -0.05) is 45.2 Å². The average Bonchev–Trinajstić information content (AvgIpc) is 3.27. The first kappa shape index (κ1) is 63.1. The van der Waals surface area contributed by atoms with Crippen molar-refractivity contribution in [2.24, 2.45) is 28.1 Å². The van der Waals surface area contributed by atoms with Gasteiger partial charge in [-0.05, 0) is 41.9 Å². The van der Waals surface area contributed by atoms with Gasteiger partial charge in [-0.15, -0.1) is 0 Å². The molecule has 0 unspecified atom stereocenters. The van der Waals surface area contributed by atoms with Gasteiger partial charge in [0.15, 0.2) is 11.6 Å². The zero-order valence-electron chi connectivity index (χ0n) is 19.0. The number of aryl methyl sites for hydroxylation is 4. The van der Waals surface area contributed by atoms with Crippen molar-refractivity contribution in [1.82, 2.24) is 26.4 Å². The fourth-order valence-corrected chi connectivity index (χ4v) is 0.802. The first-order valence-corrected chi connectivity index (χ1v) is 7.78. The van der Waals surface area contributed by atoms with Gasteiger partial charge in [0.25, 0.3) is 0 Å². The first-order chi connectivity index (χ1) is 13.3. The molecule has 14 nitrogen and oxygen atoms in total. The molecule has 0 saturated carbocycles. The predicted molar refractivity (Wildman–Crippen MR) is 140 cm³/mol. The summed E-state index contributed by atoms with van der Waals surface area (Å²) in [6.45, 7) is 10.0. The van der Waals surface area contributed by atoms with Gasteiger partial charge in [0, 0.05) is 20.8 Å². The number of hydrogen-bond donors (Lipinski definition) is 6. The molecule has 0 aliphatic heterocycles. The number of rotatable bonds is 0. The maximum atomic E-state index is 7.61. The monoisotopic (exact) mass is 485 g/mol. The van der Waals surface area contributed by atoms with Gasteiger partial charge in [-0.2, -0.15) is 15.2 Å². The Labute approximate surface area is 202 Å². The second-order valence-electron chi connectivity index (χ2n) is 3.69. The second kappa shape index (κ2) is 56.8. The Morgan fingerprint density at radius 3 is 1.03 bits per heavy atom. The first-order valence-electron chi connectivity index (χ1n) is 7.78. The molecule has 2 aromatic rings. The van der Waals surface area contributed by atoms with Crippen LogP contribution in [0, 0.1) is 39.0 Å². The molecule has 0 radical (unpaired) electrons. The summed E-state index contributed by atoms with van der Waals surface area (Å²) in [5.41, 5.74) is 18.3. The minimum Gasteiger partial charge on any atom is -0.409 e. The zero-order chi connectivity index (χ0) is 23.5. The van der Waals surface area contributed by atoms with Crippen molar-refractivity contribution in [1.29, 1.82) is 5.26 Å². The van der Waals surface area contributed by atoms with Crippen LogP contribution in [0.15, 0.2) is 14.2 Å². The average molecular weight is 486 g/mol. The largest absolute Gasteiger partial charge is 0.409 e. The van der Waals surface area contributed by atoms with Crippen LogP contribution in [0.5, 0.6) is 0 Å². The number of oxime groups is 1. The van der Waals surface area contributed by atoms with Gasteiger partial charge in [0.1, 0.15) is 5.84 Å². The van der Waals surface area contributed by atoms with Crippen molar-refractivity contribution in [2.75, 3.05) is 21.1 Å². The summed E-state index contributed by atoms with van der Waals surface area (Å²) in [6.07, 6.45) is 0. The maximum absolute atomic E-state index is 7.61. The smallest absolute Gasteiger partial charge is 0.223 e. The number of nitriles is 1. The maximum Gasteiger partial charge on any atom is 0.223 e. The van der Waals surface area contributed by atoms with E-state index in [0.717, 1.165) is 0 Å². The van der Waals surface area contributed by atoms with Crippen LogP contribution in [0.2, 0.25) is 0 Å². The molecule has 2 aromatic heterocycles. The highest BCUT2D eigenvalue weighted by Gasteiger charge is 1.90. The molecule has 14 heteroatoms. The summed E-state index contributed by atoms with van der Waals surface area (Å²) < 4.78 is 9.21. The molecule has 0 spiro atoms. The molecule has 0 aliphatic rings. The van der Waals surface area contributed by atoms with Crippen LogP contribution in [0.3, 0.4) is 0 Å². The topological polar surface area (TPSA) is 273 Å². The molecule has 2 heterocycles. The number of nitrogens with zero attached hydrogens (tertiary/aromatic N) is 6. The van der Waals surface area contributed by atoms with E-state index in [-0.39, 0.29) is 41.7 Å². The fraction of sp³-hybridized carbons (Fsp3) is 0.684. The molecule has 12 N–H and O–H groups in total. The van der Waals surface area contributed by atoms with Gasteiger partial charge in [0.05, 0.1) is 6.07 Å². The standard InChI is InChI=1S/2C4H6N2O.C2H6N2O.C2H3N.3CH5N.4CH4.H3N/c2*1-3-5-4(2)7-6-3;1-2(3)4-5;1-2-3;3*1-2;;;;;/h2*1-2H3;5H,1H3,(H2,3,4);1H3;3*2H2,1H3;4*1H4;1H3. The number of amidine groups is 1. The molecule has 204 valence electrons. The summed E-state index contributed by atoms with van der Waals surface area (Å²) >= 11 is 0. The summed E-state index contributed by atoms with van der Waals surface area (Å²) in [4.78, 5) is 7.67. The molecular formula is C19H55N11O3. The van der Waals surface area contributed by atoms with E-state index in [1.807, 2.05) is 0 Å². The Balaban J connectivity index is -0.0000000243. The molecule has 33 heavy (non-hydrogen) atoms.